The first-order chi connectivity index (χ1) is 14.0. The third-order valence-corrected chi connectivity index (χ3v) is 5.55. The summed E-state index contributed by atoms with van der Waals surface area (Å²) in [6, 6.07) is 7.87. The maximum Gasteiger partial charge on any atom is 0.251 e. The number of halogens is 1. The number of nitrogens with zero attached hydrogens (tertiary/aromatic N) is 4. The van der Waals surface area contributed by atoms with E-state index in [0.717, 1.165) is 6.42 Å². The molecule has 0 spiro atoms. The first-order valence-corrected chi connectivity index (χ1v) is 10.2. The van der Waals surface area contributed by atoms with Crippen molar-refractivity contribution in [1.29, 1.82) is 0 Å². The fraction of sp³-hybridized carbons (Fsp3) is 0.429. The second-order valence-corrected chi connectivity index (χ2v) is 7.64. The Bertz CT molecular complexity index is 823. The van der Waals surface area contributed by atoms with Crippen LogP contribution in [0.5, 0.6) is 0 Å². The lowest BCUT2D eigenvalue weighted by Crippen LogP contribution is -2.57. The van der Waals surface area contributed by atoms with Crippen molar-refractivity contribution in [3.63, 3.8) is 0 Å². The Balaban J connectivity index is 1.65. The van der Waals surface area contributed by atoms with Crippen LogP contribution < -0.4 is 10.2 Å². The second kappa shape index (κ2) is 9.69. The molecule has 0 radical (unpaired) electrons. The van der Waals surface area contributed by atoms with E-state index in [1.807, 2.05) is 18.7 Å². The van der Waals surface area contributed by atoms with Gasteiger partial charge in [0.25, 0.3) is 5.91 Å². The maximum absolute atomic E-state index is 13.2. The Labute approximate surface area is 176 Å². The molecule has 2 aromatic rings. The molecule has 0 saturated carbocycles. The van der Waals surface area contributed by atoms with Gasteiger partial charge in [-0.25, -0.2) is 9.97 Å². The van der Waals surface area contributed by atoms with Crippen molar-refractivity contribution in [2.75, 3.05) is 31.1 Å². The van der Waals surface area contributed by atoms with E-state index in [1.165, 1.54) is 0 Å². The van der Waals surface area contributed by atoms with Gasteiger partial charge in [0.2, 0.25) is 11.9 Å². The monoisotopic (exact) mass is 415 g/mol. The highest BCUT2D eigenvalue weighted by Gasteiger charge is 2.32. The lowest BCUT2D eigenvalue weighted by atomic mass is 9.97. The van der Waals surface area contributed by atoms with Crippen molar-refractivity contribution in [2.24, 2.45) is 5.92 Å². The van der Waals surface area contributed by atoms with Crippen molar-refractivity contribution >= 4 is 29.4 Å². The van der Waals surface area contributed by atoms with Crippen LogP contribution in [0.15, 0.2) is 42.7 Å². The van der Waals surface area contributed by atoms with Gasteiger partial charge in [-0.1, -0.05) is 31.9 Å². The minimum atomic E-state index is -0.567. The van der Waals surface area contributed by atoms with Gasteiger partial charge in [-0.2, -0.15) is 0 Å². The van der Waals surface area contributed by atoms with Gasteiger partial charge < -0.3 is 15.1 Å². The molecule has 1 N–H and O–H groups in total. The van der Waals surface area contributed by atoms with Gasteiger partial charge in [-0.05, 0) is 36.2 Å². The third-order valence-electron chi connectivity index (χ3n) is 5.30. The van der Waals surface area contributed by atoms with Gasteiger partial charge in [0.1, 0.15) is 6.04 Å². The standard InChI is InChI=1S/C21H26ClN5O2/c1-3-15(2)18(25-19(28)16-5-7-17(22)8-6-16)20(29)26-11-13-27(14-12-26)21-23-9-4-10-24-21/h4-10,15,18H,3,11-14H2,1-2H3,(H,25,28)/t15-,18+/m0/s1. The van der Waals surface area contributed by atoms with E-state index in [-0.39, 0.29) is 17.7 Å². The number of nitrogens with one attached hydrogen (secondary N) is 1. The normalized spacial score (nSPS) is 16.2. The van der Waals surface area contributed by atoms with Crippen LogP contribution in [-0.4, -0.2) is 58.9 Å². The van der Waals surface area contributed by atoms with Gasteiger partial charge >= 0.3 is 0 Å². The van der Waals surface area contributed by atoms with Gasteiger partial charge in [-0.15, -0.1) is 0 Å². The molecule has 1 fully saturated rings. The molecule has 3 rings (SSSR count). The molecule has 0 aliphatic carbocycles. The summed E-state index contributed by atoms with van der Waals surface area (Å²) in [5.74, 6) is 0.385. The van der Waals surface area contributed by atoms with Crippen LogP contribution in [0.2, 0.25) is 5.02 Å². The third kappa shape index (κ3) is 5.23. The van der Waals surface area contributed by atoms with Gasteiger partial charge in [0.15, 0.2) is 0 Å². The van der Waals surface area contributed by atoms with E-state index in [1.54, 1.807) is 42.7 Å². The molecule has 8 heteroatoms. The second-order valence-electron chi connectivity index (χ2n) is 7.20. The molecule has 29 heavy (non-hydrogen) atoms. The molecule has 0 bridgehead atoms. The van der Waals surface area contributed by atoms with Crippen molar-refractivity contribution < 1.29 is 9.59 Å². The highest BCUT2D eigenvalue weighted by molar-refractivity contribution is 6.30. The number of aromatic nitrogens is 2. The molecule has 0 unspecified atom stereocenters. The van der Waals surface area contributed by atoms with E-state index >= 15 is 0 Å². The summed E-state index contributed by atoms with van der Waals surface area (Å²) in [4.78, 5) is 38.3. The summed E-state index contributed by atoms with van der Waals surface area (Å²) in [6.45, 7) is 6.47. The molecule has 1 aliphatic heterocycles. The van der Waals surface area contributed by atoms with E-state index < -0.39 is 6.04 Å². The van der Waals surface area contributed by atoms with Crippen LogP contribution >= 0.6 is 11.6 Å². The number of hydrogen-bond donors (Lipinski definition) is 1. The minimum Gasteiger partial charge on any atom is -0.340 e. The molecule has 1 aromatic carbocycles. The average Bonchev–Trinajstić information content (AvgIpc) is 2.77. The highest BCUT2D eigenvalue weighted by atomic mass is 35.5. The predicted molar refractivity (Wildman–Crippen MR) is 113 cm³/mol. The Morgan fingerprint density at radius 2 is 1.72 bits per heavy atom. The zero-order valence-corrected chi connectivity index (χ0v) is 17.5. The zero-order valence-electron chi connectivity index (χ0n) is 16.7. The first kappa shape index (κ1) is 21.0. The smallest absolute Gasteiger partial charge is 0.251 e. The van der Waals surface area contributed by atoms with E-state index in [9.17, 15) is 9.59 Å². The fourth-order valence-corrected chi connectivity index (χ4v) is 3.41. The lowest BCUT2D eigenvalue weighted by molar-refractivity contribution is -0.134. The van der Waals surface area contributed by atoms with E-state index in [0.29, 0.717) is 42.7 Å². The number of carbonyl (C=O) groups excluding carboxylic acids is 2. The Morgan fingerprint density at radius 1 is 1.10 bits per heavy atom. The number of piperazine rings is 1. The van der Waals surface area contributed by atoms with Gasteiger partial charge in [0, 0.05) is 49.2 Å². The largest absolute Gasteiger partial charge is 0.340 e. The Morgan fingerprint density at radius 3 is 2.31 bits per heavy atom. The lowest BCUT2D eigenvalue weighted by Gasteiger charge is -2.37. The molecule has 154 valence electrons. The number of benzene rings is 1. The summed E-state index contributed by atoms with van der Waals surface area (Å²) >= 11 is 5.90. The quantitative estimate of drug-likeness (QED) is 0.784. The summed E-state index contributed by atoms with van der Waals surface area (Å²) in [7, 11) is 0. The Kier molecular flexibility index (Phi) is 7.04. The Hall–Kier alpha value is -2.67. The zero-order chi connectivity index (χ0) is 20.8. The number of hydrogen-bond acceptors (Lipinski definition) is 5. The number of amides is 2. The van der Waals surface area contributed by atoms with Crippen LogP contribution in [0.3, 0.4) is 0 Å². The van der Waals surface area contributed by atoms with Crippen LogP contribution in [-0.2, 0) is 4.79 Å². The van der Waals surface area contributed by atoms with E-state index in [4.69, 9.17) is 11.6 Å². The first-order valence-electron chi connectivity index (χ1n) is 9.86. The average molecular weight is 416 g/mol. The fourth-order valence-electron chi connectivity index (χ4n) is 3.29. The summed E-state index contributed by atoms with van der Waals surface area (Å²) < 4.78 is 0. The number of carbonyl (C=O) groups is 2. The molecule has 7 nitrogen and oxygen atoms in total. The molecular formula is C21H26ClN5O2. The summed E-state index contributed by atoms with van der Waals surface area (Å²) in [5.41, 5.74) is 0.488. The van der Waals surface area contributed by atoms with Crippen molar-refractivity contribution in [3.05, 3.63) is 53.3 Å². The van der Waals surface area contributed by atoms with E-state index in [2.05, 4.69) is 20.2 Å². The topological polar surface area (TPSA) is 78.4 Å². The molecule has 2 atom stereocenters. The minimum absolute atomic E-state index is 0.0224. The van der Waals surface area contributed by atoms with Crippen LogP contribution in [0.25, 0.3) is 0 Å². The highest BCUT2D eigenvalue weighted by Crippen LogP contribution is 2.16. The molecular weight excluding hydrogens is 390 g/mol. The summed E-state index contributed by atoms with van der Waals surface area (Å²) in [6.07, 6.45) is 4.21. The van der Waals surface area contributed by atoms with Crippen molar-refractivity contribution in [3.8, 4) is 0 Å². The summed E-state index contributed by atoms with van der Waals surface area (Å²) in [5, 5.41) is 3.50. The van der Waals surface area contributed by atoms with Gasteiger partial charge in [-0.3, -0.25) is 9.59 Å². The van der Waals surface area contributed by atoms with Gasteiger partial charge in [0.05, 0.1) is 0 Å². The predicted octanol–water partition coefficient (Wildman–Crippen LogP) is 2.62. The SMILES string of the molecule is CC[C@H](C)[C@@H](NC(=O)c1ccc(Cl)cc1)C(=O)N1CCN(c2ncccn2)CC1. The van der Waals surface area contributed by atoms with Crippen molar-refractivity contribution in [2.45, 2.75) is 26.3 Å². The van der Waals surface area contributed by atoms with Crippen LogP contribution in [0.4, 0.5) is 5.95 Å². The number of anilines is 1. The van der Waals surface area contributed by atoms with Crippen molar-refractivity contribution in [1.82, 2.24) is 20.2 Å². The molecule has 1 saturated heterocycles. The van der Waals surface area contributed by atoms with Crippen LogP contribution in [0, 0.1) is 5.92 Å². The molecule has 1 aliphatic rings. The molecule has 2 heterocycles. The number of rotatable bonds is 6. The molecule has 2 amide bonds. The molecule has 1 aromatic heterocycles. The maximum atomic E-state index is 13.2. The van der Waals surface area contributed by atoms with Crippen LogP contribution in [0.1, 0.15) is 30.6 Å².